The zero-order chi connectivity index (χ0) is 15.5. The first-order chi connectivity index (χ1) is 10.3. The van der Waals surface area contributed by atoms with Crippen LogP contribution in [0.25, 0.3) is 0 Å². The third-order valence-electron chi connectivity index (χ3n) is 6.50. The van der Waals surface area contributed by atoms with Gasteiger partial charge in [0, 0.05) is 19.1 Å². The van der Waals surface area contributed by atoms with Gasteiger partial charge in [-0.2, -0.15) is 0 Å². The van der Waals surface area contributed by atoms with Gasteiger partial charge in [0.05, 0.1) is 5.54 Å². The normalized spacial score (nSPS) is 44.2. The van der Waals surface area contributed by atoms with E-state index < -0.39 is 5.92 Å². The molecule has 5 fully saturated rings. The summed E-state index contributed by atoms with van der Waals surface area (Å²) in [5.41, 5.74) is -0.0958. The summed E-state index contributed by atoms with van der Waals surface area (Å²) in [5, 5.41) is 0. The lowest BCUT2D eigenvalue weighted by Crippen LogP contribution is -2.49. The van der Waals surface area contributed by atoms with Crippen molar-refractivity contribution in [3.05, 3.63) is 0 Å². The lowest BCUT2D eigenvalue weighted by atomic mass is 9.53. The summed E-state index contributed by atoms with van der Waals surface area (Å²) in [6.07, 6.45) is 10.5. The minimum atomic E-state index is -0.555. The molecule has 0 saturated heterocycles. The van der Waals surface area contributed by atoms with Crippen LogP contribution < -0.4 is 0 Å². The van der Waals surface area contributed by atoms with Gasteiger partial charge in [-0.1, -0.05) is 13.8 Å². The van der Waals surface area contributed by atoms with Gasteiger partial charge in [-0.3, -0.25) is 14.6 Å². The fourth-order valence-corrected chi connectivity index (χ4v) is 6.03. The fourth-order valence-electron chi connectivity index (χ4n) is 6.03. The van der Waals surface area contributed by atoms with Gasteiger partial charge < -0.3 is 0 Å². The van der Waals surface area contributed by atoms with E-state index in [0.29, 0.717) is 12.8 Å². The van der Waals surface area contributed by atoms with E-state index in [9.17, 15) is 9.59 Å². The first-order valence-corrected chi connectivity index (χ1v) is 8.95. The van der Waals surface area contributed by atoms with Gasteiger partial charge in [-0.05, 0) is 61.7 Å². The highest BCUT2D eigenvalue weighted by Gasteiger charge is 2.51. The van der Waals surface area contributed by atoms with Crippen molar-refractivity contribution < 1.29 is 9.59 Å². The van der Waals surface area contributed by atoms with Crippen LogP contribution in [0.2, 0.25) is 0 Å². The van der Waals surface area contributed by atoms with Crippen molar-refractivity contribution in [1.29, 1.82) is 0 Å². The molecule has 0 aromatic rings. The van der Waals surface area contributed by atoms with E-state index in [1.165, 1.54) is 38.5 Å². The third kappa shape index (κ3) is 2.47. The van der Waals surface area contributed by atoms with Crippen molar-refractivity contribution in [1.82, 2.24) is 0 Å². The summed E-state index contributed by atoms with van der Waals surface area (Å²) < 4.78 is 0. The Bertz CT molecular complexity index is 490. The van der Waals surface area contributed by atoms with Gasteiger partial charge >= 0.3 is 0 Å². The van der Waals surface area contributed by atoms with Crippen LogP contribution in [0.15, 0.2) is 4.99 Å². The Balaban J connectivity index is 1.52. The maximum absolute atomic E-state index is 12.3. The SMILES string of the molecule is CC1(C)CC(=O)C(C=NC23CC4CC(CC(C4)C2)C3)C(=O)C1. The lowest BCUT2D eigenvalue weighted by molar-refractivity contribution is -0.136. The lowest BCUT2D eigenvalue weighted by Gasteiger charge is -2.55. The van der Waals surface area contributed by atoms with E-state index in [1.807, 2.05) is 13.8 Å². The summed E-state index contributed by atoms with van der Waals surface area (Å²) in [6, 6.07) is 0. The molecule has 5 rings (SSSR count). The quantitative estimate of drug-likeness (QED) is 0.578. The highest BCUT2D eigenvalue weighted by molar-refractivity contribution is 6.16. The summed E-state index contributed by atoms with van der Waals surface area (Å²) >= 11 is 0. The Morgan fingerprint density at radius 1 is 0.909 bits per heavy atom. The molecule has 120 valence electrons. The summed E-state index contributed by atoms with van der Waals surface area (Å²) in [5.74, 6) is 2.14. The third-order valence-corrected chi connectivity index (χ3v) is 6.50. The van der Waals surface area contributed by atoms with Gasteiger partial charge in [0.15, 0.2) is 0 Å². The minimum absolute atomic E-state index is 0.0717. The number of aliphatic imine (C=N–C) groups is 1. The second-order valence-corrected chi connectivity index (χ2v) is 9.35. The average molecular weight is 301 g/mol. The zero-order valence-corrected chi connectivity index (χ0v) is 13.8. The Kier molecular flexibility index (Phi) is 3.15. The highest BCUT2D eigenvalue weighted by Crippen LogP contribution is 2.57. The topological polar surface area (TPSA) is 46.5 Å². The first kappa shape index (κ1) is 14.6. The van der Waals surface area contributed by atoms with E-state index in [1.54, 1.807) is 6.21 Å². The highest BCUT2D eigenvalue weighted by atomic mass is 16.2. The van der Waals surface area contributed by atoms with E-state index in [4.69, 9.17) is 4.99 Å². The molecule has 0 aromatic heterocycles. The van der Waals surface area contributed by atoms with Crippen LogP contribution in [0.4, 0.5) is 0 Å². The van der Waals surface area contributed by atoms with Crippen LogP contribution in [-0.2, 0) is 9.59 Å². The summed E-state index contributed by atoms with van der Waals surface area (Å²) in [4.78, 5) is 29.6. The van der Waals surface area contributed by atoms with Crippen LogP contribution in [-0.4, -0.2) is 23.3 Å². The Morgan fingerprint density at radius 2 is 1.36 bits per heavy atom. The molecule has 3 heteroatoms. The van der Waals surface area contributed by atoms with Crippen LogP contribution >= 0.6 is 0 Å². The molecule has 3 nitrogen and oxygen atoms in total. The number of nitrogens with zero attached hydrogens (tertiary/aromatic N) is 1. The number of carbonyl (C=O) groups excluding carboxylic acids is 2. The predicted molar refractivity (Wildman–Crippen MR) is 85.9 cm³/mol. The molecule has 0 N–H and O–H groups in total. The number of ketones is 2. The van der Waals surface area contributed by atoms with Crippen molar-refractivity contribution in [3.8, 4) is 0 Å². The second kappa shape index (κ2) is 4.75. The van der Waals surface area contributed by atoms with E-state index in [2.05, 4.69) is 0 Å². The number of rotatable bonds is 2. The van der Waals surface area contributed by atoms with Crippen LogP contribution in [0, 0.1) is 29.1 Å². The monoisotopic (exact) mass is 301 g/mol. The van der Waals surface area contributed by atoms with Gasteiger partial charge in [-0.25, -0.2) is 0 Å². The van der Waals surface area contributed by atoms with Gasteiger partial charge in [0.1, 0.15) is 17.5 Å². The van der Waals surface area contributed by atoms with Crippen molar-refractivity contribution >= 4 is 17.8 Å². The van der Waals surface area contributed by atoms with Crippen molar-refractivity contribution in [3.63, 3.8) is 0 Å². The van der Waals surface area contributed by atoms with Crippen molar-refractivity contribution in [2.24, 2.45) is 34.1 Å². The molecule has 0 aromatic carbocycles. The number of hydrogen-bond donors (Lipinski definition) is 0. The Morgan fingerprint density at radius 3 is 1.82 bits per heavy atom. The summed E-state index contributed by atoms with van der Waals surface area (Å²) in [7, 11) is 0. The molecule has 5 aliphatic carbocycles. The van der Waals surface area contributed by atoms with Crippen LogP contribution in [0.3, 0.4) is 0 Å². The van der Waals surface area contributed by atoms with Gasteiger partial charge in [0.2, 0.25) is 0 Å². The first-order valence-electron chi connectivity index (χ1n) is 8.95. The largest absolute Gasteiger partial charge is 0.298 e. The molecule has 0 radical (unpaired) electrons. The molecule has 0 aliphatic heterocycles. The van der Waals surface area contributed by atoms with Gasteiger partial charge in [0.25, 0.3) is 0 Å². The smallest absolute Gasteiger partial charge is 0.149 e. The standard InChI is InChI=1S/C19H27NO2/c1-18(2)9-16(21)15(17(22)10-18)11-20-19-6-12-3-13(7-19)5-14(4-12)8-19/h11-15H,3-10H2,1-2H3. The summed E-state index contributed by atoms with van der Waals surface area (Å²) in [6.45, 7) is 4.02. The van der Waals surface area contributed by atoms with E-state index in [-0.39, 0.29) is 22.5 Å². The minimum Gasteiger partial charge on any atom is -0.298 e. The molecule has 5 aliphatic rings. The molecular formula is C19H27NO2. The number of carbonyl (C=O) groups is 2. The molecule has 4 bridgehead atoms. The average Bonchev–Trinajstić information content (AvgIpc) is 2.34. The molecule has 0 unspecified atom stereocenters. The van der Waals surface area contributed by atoms with E-state index >= 15 is 0 Å². The molecule has 0 spiro atoms. The molecule has 5 saturated carbocycles. The Hall–Kier alpha value is -0.990. The Labute approximate surface area is 133 Å². The zero-order valence-electron chi connectivity index (χ0n) is 13.8. The van der Waals surface area contributed by atoms with Crippen LogP contribution in [0.5, 0.6) is 0 Å². The van der Waals surface area contributed by atoms with E-state index in [0.717, 1.165) is 17.8 Å². The van der Waals surface area contributed by atoms with Crippen LogP contribution in [0.1, 0.15) is 65.2 Å². The van der Waals surface area contributed by atoms with Crippen molar-refractivity contribution in [2.45, 2.75) is 70.8 Å². The fraction of sp³-hybridized carbons (Fsp3) is 0.842. The van der Waals surface area contributed by atoms with Crippen molar-refractivity contribution in [2.75, 3.05) is 0 Å². The maximum Gasteiger partial charge on any atom is 0.149 e. The number of Topliss-reactive ketones (excluding diaryl/α,β-unsaturated/α-hetero) is 2. The molecule has 0 amide bonds. The predicted octanol–water partition coefficient (Wildman–Crippen LogP) is 3.60. The molecule has 0 atom stereocenters. The maximum atomic E-state index is 12.3. The molecule has 22 heavy (non-hydrogen) atoms. The van der Waals surface area contributed by atoms with Gasteiger partial charge in [-0.15, -0.1) is 0 Å². The second-order valence-electron chi connectivity index (χ2n) is 9.35. The molecule has 0 heterocycles. The number of hydrogen-bond acceptors (Lipinski definition) is 3. The molecular weight excluding hydrogens is 274 g/mol.